The van der Waals surface area contributed by atoms with Gasteiger partial charge in [-0.3, -0.25) is 4.79 Å². The summed E-state index contributed by atoms with van der Waals surface area (Å²) in [6, 6.07) is 5.88. The zero-order chi connectivity index (χ0) is 30.0. The first kappa shape index (κ1) is 31.5. The van der Waals surface area contributed by atoms with Crippen LogP contribution in [0.5, 0.6) is 5.75 Å². The third-order valence-corrected chi connectivity index (χ3v) is 5.61. The van der Waals surface area contributed by atoms with Gasteiger partial charge >= 0.3 is 30.2 Å². The van der Waals surface area contributed by atoms with E-state index in [9.17, 15) is 54.2 Å². The number of halogens is 9. The minimum absolute atomic E-state index is 0.0733. The van der Waals surface area contributed by atoms with Gasteiger partial charge in [-0.25, -0.2) is 4.79 Å². The minimum atomic E-state index is -6.24. The molecule has 2 N–H and O–H groups in total. The first-order chi connectivity index (χ1) is 17.8. The fraction of sp³-hybridized carbons (Fsp3) is 0.391. The predicted octanol–water partition coefficient (Wildman–Crippen LogP) is 4.70. The van der Waals surface area contributed by atoms with Crippen LogP contribution >= 0.6 is 0 Å². The lowest BCUT2D eigenvalue weighted by Gasteiger charge is -2.45. The molecule has 216 valence electrons. The van der Waals surface area contributed by atoms with Crippen molar-refractivity contribution in [3.8, 4) is 5.75 Å². The van der Waals surface area contributed by atoms with Crippen molar-refractivity contribution < 1.29 is 63.7 Å². The molecule has 0 unspecified atom stereocenters. The Morgan fingerprint density at radius 3 is 1.82 bits per heavy atom. The first-order valence-electron chi connectivity index (χ1n) is 10.7. The standard InChI is InChI=1S/C23H21F9N2O5/c1-4-39-16-8-6-5-7-15(16)17(35)33-20(22(27,28)29,23(30,31)32)34(2)14-11-9-13(10-12-14)19(37,18(36)38-3)21(24,25)26/h5-12,37H,4H2,1-3H3,(H,33,35)/t19-/m1/s1. The summed E-state index contributed by atoms with van der Waals surface area (Å²) in [5.41, 5.74) is -12.3. The number of aliphatic hydroxyl groups is 1. The first-order valence-corrected chi connectivity index (χ1v) is 10.7. The molecule has 0 heterocycles. The van der Waals surface area contributed by atoms with Crippen molar-refractivity contribution in [2.75, 3.05) is 25.7 Å². The summed E-state index contributed by atoms with van der Waals surface area (Å²) in [5.74, 6) is -4.33. The summed E-state index contributed by atoms with van der Waals surface area (Å²) in [4.78, 5) is 24.0. The largest absolute Gasteiger partial charge is 0.493 e. The summed E-state index contributed by atoms with van der Waals surface area (Å²) >= 11 is 0. The monoisotopic (exact) mass is 576 g/mol. The molecule has 39 heavy (non-hydrogen) atoms. The highest BCUT2D eigenvalue weighted by atomic mass is 19.4. The second-order valence-electron chi connectivity index (χ2n) is 7.89. The maximum atomic E-state index is 14.3. The lowest BCUT2D eigenvalue weighted by atomic mass is 9.92. The Labute approximate surface area is 215 Å². The molecule has 0 aliphatic rings. The third-order valence-electron chi connectivity index (χ3n) is 5.61. The molecule has 2 aromatic carbocycles. The van der Waals surface area contributed by atoms with Crippen molar-refractivity contribution in [3.05, 3.63) is 59.7 Å². The molecule has 0 spiro atoms. The van der Waals surface area contributed by atoms with Crippen molar-refractivity contribution in [3.63, 3.8) is 0 Å². The highest BCUT2D eigenvalue weighted by molar-refractivity contribution is 5.97. The normalized spacial score (nSPS) is 14.3. The summed E-state index contributed by atoms with van der Waals surface area (Å²) in [6.07, 6.45) is -18.2. The van der Waals surface area contributed by atoms with Gasteiger partial charge in [-0.1, -0.05) is 24.3 Å². The van der Waals surface area contributed by atoms with Crippen LogP contribution in [0.15, 0.2) is 48.5 Å². The van der Waals surface area contributed by atoms with Gasteiger partial charge in [0.15, 0.2) is 0 Å². The molecule has 2 rings (SSSR count). The van der Waals surface area contributed by atoms with Crippen molar-refractivity contribution in [1.82, 2.24) is 5.32 Å². The number of carbonyl (C=O) groups is 2. The molecule has 16 heteroatoms. The molecule has 0 saturated carbocycles. The van der Waals surface area contributed by atoms with Crippen LogP contribution in [-0.2, 0) is 15.1 Å². The van der Waals surface area contributed by atoms with Crippen LogP contribution in [0.25, 0.3) is 0 Å². The van der Waals surface area contributed by atoms with Crippen LogP contribution in [0.1, 0.15) is 22.8 Å². The van der Waals surface area contributed by atoms with E-state index >= 15 is 0 Å². The van der Waals surface area contributed by atoms with E-state index in [4.69, 9.17) is 4.74 Å². The molecule has 0 aliphatic heterocycles. The van der Waals surface area contributed by atoms with Crippen molar-refractivity contribution in [2.24, 2.45) is 0 Å². The number of hydrogen-bond donors (Lipinski definition) is 2. The number of anilines is 1. The highest BCUT2D eigenvalue weighted by Crippen LogP contribution is 2.47. The molecular weight excluding hydrogens is 555 g/mol. The molecule has 1 amide bonds. The zero-order valence-corrected chi connectivity index (χ0v) is 20.3. The van der Waals surface area contributed by atoms with E-state index < -0.39 is 63.4 Å². The molecule has 0 fully saturated rings. The van der Waals surface area contributed by atoms with Gasteiger partial charge < -0.3 is 24.8 Å². The van der Waals surface area contributed by atoms with Crippen LogP contribution in [0.4, 0.5) is 45.2 Å². The molecule has 2 aromatic rings. The maximum Gasteiger partial charge on any atom is 0.439 e. The third kappa shape index (κ3) is 5.55. The van der Waals surface area contributed by atoms with E-state index in [2.05, 4.69) is 4.74 Å². The van der Waals surface area contributed by atoms with E-state index in [-0.39, 0.29) is 12.4 Å². The number of hydrogen-bond acceptors (Lipinski definition) is 6. The van der Waals surface area contributed by atoms with Crippen LogP contribution in [0.3, 0.4) is 0 Å². The van der Waals surface area contributed by atoms with Gasteiger partial charge in [0.25, 0.3) is 11.5 Å². The average molecular weight is 576 g/mol. The molecule has 0 aromatic heterocycles. The number of carbonyl (C=O) groups excluding carboxylic acids is 2. The van der Waals surface area contributed by atoms with E-state index in [1.54, 1.807) is 0 Å². The van der Waals surface area contributed by atoms with Gasteiger partial charge in [0.1, 0.15) is 5.75 Å². The topological polar surface area (TPSA) is 88.1 Å². The zero-order valence-electron chi connectivity index (χ0n) is 20.3. The number of alkyl halides is 9. The number of amides is 1. The molecular formula is C23H21F9N2O5. The van der Waals surface area contributed by atoms with E-state index in [1.165, 1.54) is 19.1 Å². The number of methoxy groups -OCH3 is 1. The van der Waals surface area contributed by atoms with Gasteiger partial charge in [0, 0.05) is 18.3 Å². The second kappa shape index (κ2) is 10.8. The fourth-order valence-electron chi connectivity index (χ4n) is 3.60. The van der Waals surface area contributed by atoms with Crippen LogP contribution in [0.2, 0.25) is 0 Å². The van der Waals surface area contributed by atoms with Crippen molar-refractivity contribution in [1.29, 1.82) is 0 Å². The number of nitrogens with one attached hydrogen (secondary N) is 1. The molecule has 1 atom stereocenters. The number of esters is 1. The maximum absolute atomic E-state index is 14.3. The number of nitrogens with zero attached hydrogens (tertiary/aromatic N) is 1. The summed E-state index contributed by atoms with van der Waals surface area (Å²) < 4.78 is 135. The Morgan fingerprint density at radius 2 is 1.38 bits per heavy atom. The number of rotatable bonds is 8. The Hall–Kier alpha value is -3.69. The highest BCUT2D eigenvalue weighted by Gasteiger charge is 2.75. The number of benzene rings is 2. The van der Waals surface area contributed by atoms with E-state index in [0.717, 1.165) is 17.4 Å². The Kier molecular flexibility index (Phi) is 8.75. The molecule has 0 bridgehead atoms. The van der Waals surface area contributed by atoms with Gasteiger partial charge in [-0.15, -0.1) is 0 Å². The summed E-state index contributed by atoms with van der Waals surface area (Å²) in [5, 5.41) is 11.0. The van der Waals surface area contributed by atoms with Crippen LogP contribution < -0.4 is 15.0 Å². The smallest absolute Gasteiger partial charge is 0.439 e. The second-order valence-corrected chi connectivity index (χ2v) is 7.89. The Balaban J connectivity index is 2.67. The molecule has 0 aliphatic carbocycles. The average Bonchev–Trinajstić information content (AvgIpc) is 2.84. The van der Waals surface area contributed by atoms with Gasteiger partial charge in [0.05, 0.1) is 19.3 Å². The van der Waals surface area contributed by atoms with E-state index in [0.29, 0.717) is 38.4 Å². The van der Waals surface area contributed by atoms with Crippen LogP contribution in [0, 0.1) is 0 Å². The summed E-state index contributed by atoms with van der Waals surface area (Å²) in [7, 11) is 0.815. The minimum Gasteiger partial charge on any atom is -0.493 e. The summed E-state index contributed by atoms with van der Waals surface area (Å²) in [6.45, 7) is 1.39. The van der Waals surface area contributed by atoms with Gasteiger partial charge in [-0.2, -0.15) is 39.5 Å². The van der Waals surface area contributed by atoms with Crippen molar-refractivity contribution >= 4 is 17.6 Å². The van der Waals surface area contributed by atoms with E-state index in [1.807, 2.05) is 0 Å². The SMILES string of the molecule is CCOc1ccccc1C(=O)NC(N(C)c1ccc([C@@](O)(C(=O)OC)C(F)(F)F)cc1)(C(F)(F)F)C(F)(F)F. The lowest BCUT2D eigenvalue weighted by molar-refractivity contribution is -0.302. The molecule has 7 nitrogen and oxygen atoms in total. The number of ether oxygens (including phenoxy) is 2. The Morgan fingerprint density at radius 1 is 0.872 bits per heavy atom. The van der Waals surface area contributed by atoms with Gasteiger partial charge in [-0.05, 0) is 31.2 Å². The fourth-order valence-corrected chi connectivity index (χ4v) is 3.60. The quantitative estimate of drug-likeness (QED) is 0.269. The predicted molar refractivity (Wildman–Crippen MR) is 117 cm³/mol. The lowest BCUT2D eigenvalue weighted by Crippen LogP contribution is -2.75. The van der Waals surface area contributed by atoms with Gasteiger partial charge in [0.2, 0.25) is 0 Å². The van der Waals surface area contributed by atoms with Crippen molar-refractivity contribution in [2.45, 2.75) is 36.7 Å². The number of para-hydroxylation sites is 1. The molecule has 0 radical (unpaired) electrons. The van der Waals surface area contributed by atoms with Crippen LogP contribution in [-0.4, -0.2) is 61.9 Å². The molecule has 0 saturated heterocycles. The Bertz CT molecular complexity index is 1170.